The molecule has 1 saturated heterocycles. The summed E-state index contributed by atoms with van der Waals surface area (Å²) < 4.78 is 26.5. The Labute approximate surface area is 110 Å². The van der Waals surface area contributed by atoms with E-state index in [1.54, 1.807) is 0 Å². The molecule has 3 rings (SSSR count). The van der Waals surface area contributed by atoms with Gasteiger partial charge in [-0.2, -0.15) is 9.40 Å². The van der Waals surface area contributed by atoms with E-state index in [4.69, 9.17) is 5.11 Å². The van der Waals surface area contributed by atoms with Gasteiger partial charge in [-0.1, -0.05) is 0 Å². The smallest absolute Gasteiger partial charge is 0.340 e. The molecule has 1 aliphatic heterocycles. The van der Waals surface area contributed by atoms with Gasteiger partial charge in [-0.25, -0.2) is 13.2 Å². The number of hydrogen-bond acceptors (Lipinski definition) is 4. The number of carbonyl (C=O) groups is 1. The van der Waals surface area contributed by atoms with Crippen molar-refractivity contribution in [1.29, 1.82) is 0 Å². The topological polar surface area (TPSA) is 103 Å². The van der Waals surface area contributed by atoms with E-state index in [-0.39, 0.29) is 22.3 Å². The van der Waals surface area contributed by atoms with Crippen LogP contribution in [0.3, 0.4) is 0 Å². The number of rotatable bonds is 3. The molecule has 0 amide bonds. The van der Waals surface area contributed by atoms with Gasteiger partial charge in [-0.3, -0.25) is 5.10 Å². The zero-order valence-electron chi connectivity index (χ0n) is 10.5. The second-order valence-corrected chi connectivity index (χ2v) is 7.05. The van der Waals surface area contributed by atoms with Gasteiger partial charge in [0.1, 0.15) is 5.56 Å². The molecular formula is C11H15N3O4S. The lowest BCUT2D eigenvalue weighted by Gasteiger charge is -2.25. The molecule has 2 fully saturated rings. The molecule has 0 aromatic carbocycles. The zero-order chi connectivity index (χ0) is 13.8. The molecule has 2 heterocycles. The molecule has 2 atom stereocenters. The fraction of sp³-hybridized carbons (Fsp3) is 0.636. The van der Waals surface area contributed by atoms with Gasteiger partial charge < -0.3 is 5.11 Å². The van der Waals surface area contributed by atoms with E-state index in [9.17, 15) is 13.2 Å². The fourth-order valence-corrected chi connectivity index (χ4v) is 5.00. The van der Waals surface area contributed by atoms with Crippen LogP contribution in [-0.2, 0) is 10.0 Å². The highest BCUT2D eigenvalue weighted by Gasteiger charge is 2.46. The minimum absolute atomic E-state index is 0.00801. The first-order chi connectivity index (χ1) is 8.91. The normalized spacial score (nSPS) is 27.0. The number of aromatic carboxylic acids is 1. The molecule has 1 aromatic rings. The Morgan fingerprint density at radius 1 is 1.47 bits per heavy atom. The van der Waals surface area contributed by atoms with Gasteiger partial charge in [0, 0.05) is 18.3 Å². The second-order valence-electron chi connectivity index (χ2n) is 5.24. The predicted octanol–water partition coefficient (Wildman–Crippen LogP) is 0.589. The number of H-pyrrole nitrogens is 1. The summed E-state index contributed by atoms with van der Waals surface area (Å²) in [6, 6.07) is 0.00801. The average Bonchev–Trinajstić information content (AvgIpc) is 3.01. The van der Waals surface area contributed by atoms with Crippen LogP contribution in [0.25, 0.3) is 0 Å². The Bertz CT molecular complexity index is 636. The predicted molar refractivity (Wildman–Crippen MR) is 65.3 cm³/mol. The maximum absolute atomic E-state index is 12.5. The molecule has 19 heavy (non-hydrogen) atoms. The van der Waals surface area contributed by atoms with Crippen molar-refractivity contribution in [1.82, 2.24) is 14.5 Å². The lowest BCUT2D eigenvalue weighted by molar-refractivity contribution is 0.0691. The second kappa shape index (κ2) is 4.04. The minimum atomic E-state index is -3.81. The largest absolute Gasteiger partial charge is 0.478 e. The van der Waals surface area contributed by atoms with Gasteiger partial charge in [-0.05, 0) is 32.1 Å². The van der Waals surface area contributed by atoms with Crippen molar-refractivity contribution < 1.29 is 18.3 Å². The number of carboxylic acid groups (broad SMARTS) is 1. The van der Waals surface area contributed by atoms with E-state index >= 15 is 0 Å². The molecule has 8 heteroatoms. The van der Waals surface area contributed by atoms with Gasteiger partial charge in [0.15, 0.2) is 0 Å². The zero-order valence-corrected chi connectivity index (χ0v) is 11.3. The van der Waals surface area contributed by atoms with E-state index in [0.29, 0.717) is 12.5 Å². The lowest BCUT2D eigenvalue weighted by Crippen LogP contribution is -2.38. The van der Waals surface area contributed by atoms with Crippen LogP contribution in [0.15, 0.2) is 5.03 Å². The summed E-state index contributed by atoms with van der Waals surface area (Å²) in [5.74, 6) is -0.859. The molecule has 1 aliphatic carbocycles. The van der Waals surface area contributed by atoms with Crippen LogP contribution >= 0.6 is 0 Å². The Balaban J connectivity index is 2.04. The van der Waals surface area contributed by atoms with Gasteiger partial charge >= 0.3 is 5.97 Å². The monoisotopic (exact) mass is 285 g/mol. The first-order valence-electron chi connectivity index (χ1n) is 6.21. The minimum Gasteiger partial charge on any atom is -0.478 e. The first kappa shape index (κ1) is 12.6. The third kappa shape index (κ3) is 1.78. The van der Waals surface area contributed by atoms with Gasteiger partial charge in [0.2, 0.25) is 5.03 Å². The summed E-state index contributed by atoms with van der Waals surface area (Å²) >= 11 is 0. The van der Waals surface area contributed by atoms with E-state index < -0.39 is 16.0 Å². The van der Waals surface area contributed by atoms with E-state index in [1.807, 2.05) is 0 Å². The molecule has 2 aliphatic rings. The third-order valence-electron chi connectivity index (χ3n) is 4.04. The quantitative estimate of drug-likeness (QED) is 0.846. The fourth-order valence-electron chi connectivity index (χ4n) is 3.13. The van der Waals surface area contributed by atoms with Crippen LogP contribution in [0.5, 0.6) is 0 Å². The maximum Gasteiger partial charge on any atom is 0.340 e. The Hall–Kier alpha value is -1.41. The van der Waals surface area contributed by atoms with Crippen molar-refractivity contribution in [2.45, 2.75) is 37.3 Å². The molecule has 2 unspecified atom stereocenters. The van der Waals surface area contributed by atoms with E-state index in [1.165, 1.54) is 11.2 Å². The number of piperidine rings is 1. The van der Waals surface area contributed by atoms with Gasteiger partial charge in [0.05, 0.1) is 0 Å². The van der Waals surface area contributed by atoms with Crippen LogP contribution < -0.4 is 0 Å². The third-order valence-corrected chi connectivity index (χ3v) is 5.89. The van der Waals surface area contributed by atoms with Crippen molar-refractivity contribution in [3.05, 3.63) is 11.3 Å². The average molecular weight is 285 g/mol. The van der Waals surface area contributed by atoms with Crippen molar-refractivity contribution in [2.75, 3.05) is 6.54 Å². The van der Waals surface area contributed by atoms with Crippen LogP contribution in [0.4, 0.5) is 0 Å². The molecule has 2 bridgehead atoms. The van der Waals surface area contributed by atoms with Crippen LogP contribution in [0.1, 0.15) is 35.3 Å². The van der Waals surface area contributed by atoms with Crippen molar-refractivity contribution >= 4 is 16.0 Å². The number of fused-ring (bicyclic) bond motifs is 2. The highest BCUT2D eigenvalue weighted by molar-refractivity contribution is 7.89. The Morgan fingerprint density at radius 3 is 2.74 bits per heavy atom. The number of hydrogen-bond donors (Lipinski definition) is 2. The standard InChI is InChI=1S/C11H15N3O4S/c1-6-9(11(15)16)10(13-12-6)19(17,18)14-5-7-2-3-8(14)4-7/h7-8H,2-5H2,1H3,(H,12,13)(H,15,16). The summed E-state index contributed by atoms with van der Waals surface area (Å²) in [6.07, 6.45) is 2.79. The number of nitrogens with one attached hydrogen (secondary N) is 1. The highest BCUT2D eigenvalue weighted by atomic mass is 32.2. The number of aromatic nitrogens is 2. The Kier molecular flexibility index (Phi) is 2.68. The molecular weight excluding hydrogens is 270 g/mol. The van der Waals surface area contributed by atoms with E-state index in [2.05, 4.69) is 10.2 Å². The van der Waals surface area contributed by atoms with Crippen molar-refractivity contribution in [3.8, 4) is 0 Å². The van der Waals surface area contributed by atoms with Crippen LogP contribution in [0, 0.1) is 12.8 Å². The summed E-state index contributed by atoms with van der Waals surface area (Å²) in [4.78, 5) is 11.2. The maximum atomic E-state index is 12.5. The summed E-state index contributed by atoms with van der Waals surface area (Å²) in [7, 11) is -3.81. The number of aryl methyl sites for hydroxylation is 1. The molecule has 0 spiro atoms. The van der Waals surface area contributed by atoms with Gasteiger partial charge in [0.25, 0.3) is 10.0 Å². The highest BCUT2D eigenvalue weighted by Crippen LogP contribution is 2.40. The number of nitrogens with zero attached hydrogens (tertiary/aromatic N) is 2. The number of carboxylic acids is 1. The number of sulfonamides is 1. The first-order valence-corrected chi connectivity index (χ1v) is 7.65. The molecule has 1 aromatic heterocycles. The van der Waals surface area contributed by atoms with Crippen LogP contribution in [0.2, 0.25) is 0 Å². The summed E-state index contributed by atoms with van der Waals surface area (Å²) in [5.41, 5.74) is 0.0122. The van der Waals surface area contributed by atoms with Crippen molar-refractivity contribution in [3.63, 3.8) is 0 Å². The van der Waals surface area contributed by atoms with Gasteiger partial charge in [-0.15, -0.1) is 0 Å². The number of aromatic amines is 1. The Morgan fingerprint density at radius 2 is 2.21 bits per heavy atom. The van der Waals surface area contributed by atoms with E-state index in [0.717, 1.165) is 19.3 Å². The molecule has 2 N–H and O–H groups in total. The molecule has 0 radical (unpaired) electrons. The summed E-state index contributed by atoms with van der Waals surface area (Å²) in [5, 5.41) is 14.9. The molecule has 1 saturated carbocycles. The SMILES string of the molecule is Cc1[nH]nc(S(=O)(=O)N2CC3CCC2C3)c1C(=O)O. The van der Waals surface area contributed by atoms with Crippen LogP contribution in [-0.4, -0.2) is 46.6 Å². The molecule has 104 valence electrons. The van der Waals surface area contributed by atoms with Crippen molar-refractivity contribution in [2.24, 2.45) is 5.92 Å². The lowest BCUT2D eigenvalue weighted by atomic mass is 10.1. The molecule has 7 nitrogen and oxygen atoms in total. The summed E-state index contributed by atoms with van der Waals surface area (Å²) in [6.45, 7) is 1.99.